The van der Waals surface area contributed by atoms with Crippen LogP contribution in [0.25, 0.3) is 5.57 Å². The van der Waals surface area contributed by atoms with Crippen molar-refractivity contribution in [1.29, 1.82) is 0 Å². The molecule has 4 rings (SSSR count). The van der Waals surface area contributed by atoms with Crippen LogP contribution in [-0.2, 0) is 9.53 Å². The Labute approximate surface area is 201 Å². The number of carbonyl (C=O) groups excluding carboxylic acids is 1. The molecule has 1 amide bonds. The van der Waals surface area contributed by atoms with Gasteiger partial charge in [-0.05, 0) is 44.9 Å². The molecule has 3 heterocycles. The van der Waals surface area contributed by atoms with Crippen molar-refractivity contribution < 1.29 is 18.3 Å². The lowest BCUT2D eigenvalue weighted by atomic mass is 9.71. The summed E-state index contributed by atoms with van der Waals surface area (Å²) in [6.45, 7) is 3.76. The van der Waals surface area contributed by atoms with E-state index in [1.807, 2.05) is 13.0 Å². The Morgan fingerprint density at radius 3 is 2.59 bits per heavy atom. The first-order valence-electron chi connectivity index (χ1n) is 11.3. The van der Waals surface area contributed by atoms with Crippen molar-refractivity contribution in [2.45, 2.75) is 51.1 Å². The van der Waals surface area contributed by atoms with E-state index in [-0.39, 0.29) is 24.5 Å². The van der Waals surface area contributed by atoms with Gasteiger partial charge in [0, 0.05) is 54.5 Å². The number of amides is 1. The van der Waals surface area contributed by atoms with Crippen molar-refractivity contribution in [2.24, 2.45) is 11.1 Å². The number of hydrogen-bond donors (Lipinski definition) is 1. The van der Waals surface area contributed by atoms with Gasteiger partial charge in [-0.2, -0.15) is 0 Å². The molecule has 2 aromatic rings. The van der Waals surface area contributed by atoms with E-state index < -0.39 is 23.7 Å². The fourth-order valence-electron chi connectivity index (χ4n) is 4.57. The van der Waals surface area contributed by atoms with Gasteiger partial charge in [-0.3, -0.25) is 4.79 Å². The van der Waals surface area contributed by atoms with Crippen molar-refractivity contribution in [3.8, 4) is 0 Å². The first-order valence-corrected chi connectivity index (χ1v) is 12.1. The van der Waals surface area contributed by atoms with Crippen LogP contribution < -0.4 is 5.73 Å². The largest absolute Gasteiger partial charge is 0.495 e. The lowest BCUT2D eigenvalue weighted by Crippen LogP contribution is -2.40. The maximum Gasteiger partial charge on any atom is 0.245 e. The van der Waals surface area contributed by atoms with Crippen LogP contribution in [0.5, 0.6) is 0 Å². The number of nitrogens with zero attached hydrogens (tertiary/aromatic N) is 4. The zero-order valence-corrected chi connectivity index (χ0v) is 20.1. The normalized spacial score (nSPS) is 22.9. The number of halogens is 2. The zero-order chi connectivity index (χ0) is 24.3. The summed E-state index contributed by atoms with van der Waals surface area (Å²) >= 11 is 1.47. The molecule has 34 heavy (non-hydrogen) atoms. The summed E-state index contributed by atoms with van der Waals surface area (Å²) in [5.74, 6) is -1.35. The third-order valence-corrected chi connectivity index (χ3v) is 7.44. The number of likely N-dealkylation sites (tertiary alicyclic amines) is 1. The molecule has 182 valence electrons. The quantitative estimate of drug-likeness (QED) is 0.604. The van der Waals surface area contributed by atoms with Gasteiger partial charge in [-0.25, -0.2) is 23.7 Å². The molecule has 1 aliphatic carbocycles. The standard InChI is InChI=1S/C24H29F2N5O2S/c1-15-11-30-22(34-15)16-7-19(33-18-3-5-31(2)6-4-18)9-24(8-16,23(27)32)10-20(21(25)26)17-12-28-14-29-13-17/h7-8,11-14,18,20-21H,3-6,9-10H2,1-2H3,(H2,27,32)/t20?,24-/m0/s1. The summed E-state index contributed by atoms with van der Waals surface area (Å²) in [5, 5.41) is 0.698. The molecule has 0 aromatic carbocycles. The molecule has 1 saturated heterocycles. The molecule has 10 heteroatoms. The van der Waals surface area contributed by atoms with Gasteiger partial charge >= 0.3 is 0 Å². The highest BCUT2D eigenvalue weighted by molar-refractivity contribution is 7.12. The molecule has 0 radical (unpaired) electrons. The molecule has 0 bridgehead atoms. The van der Waals surface area contributed by atoms with Crippen molar-refractivity contribution >= 4 is 22.8 Å². The van der Waals surface area contributed by atoms with Crippen molar-refractivity contribution in [3.63, 3.8) is 0 Å². The number of aromatic nitrogens is 3. The van der Waals surface area contributed by atoms with Crippen LogP contribution in [-0.4, -0.2) is 58.4 Å². The molecular weight excluding hydrogens is 460 g/mol. The Kier molecular flexibility index (Phi) is 7.37. The summed E-state index contributed by atoms with van der Waals surface area (Å²) in [4.78, 5) is 28.4. The molecule has 2 aromatic heterocycles. The van der Waals surface area contributed by atoms with E-state index in [9.17, 15) is 13.6 Å². The number of hydrogen-bond acceptors (Lipinski definition) is 7. The van der Waals surface area contributed by atoms with E-state index in [0.717, 1.165) is 30.8 Å². The Balaban J connectivity index is 1.70. The second-order valence-corrected chi connectivity index (χ2v) is 10.4. The monoisotopic (exact) mass is 489 g/mol. The van der Waals surface area contributed by atoms with Crippen LogP contribution in [0, 0.1) is 12.3 Å². The number of alkyl halides is 2. The molecule has 2 N–H and O–H groups in total. The van der Waals surface area contributed by atoms with Crippen LogP contribution >= 0.6 is 11.3 Å². The maximum absolute atomic E-state index is 14.2. The molecule has 2 aliphatic rings. The van der Waals surface area contributed by atoms with Crippen molar-refractivity contribution in [2.75, 3.05) is 20.1 Å². The first kappa shape index (κ1) is 24.4. The molecule has 1 unspecified atom stereocenters. The fraction of sp³-hybridized carbons (Fsp3) is 0.500. The minimum atomic E-state index is -2.72. The Hall–Kier alpha value is -2.72. The van der Waals surface area contributed by atoms with E-state index in [1.165, 1.54) is 30.1 Å². The second-order valence-electron chi connectivity index (χ2n) is 9.12. The van der Waals surface area contributed by atoms with Gasteiger partial charge in [0.15, 0.2) is 0 Å². The minimum Gasteiger partial charge on any atom is -0.495 e. The van der Waals surface area contributed by atoms with Gasteiger partial charge in [-0.1, -0.05) is 6.08 Å². The predicted molar refractivity (Wildman–Crippen MR) is 126 cm³/mol. The Bertz CT molecular complexity index is 1070. The highest BCUT2D eigenvalue weighted by Crippen LogP contribution is 2.46. The van der Waals surface area contributed by atoms with E-state index >= 15 is 0 Å². The number of piperidine rings is 1. The van der Waals surface area contributed by atoms with Crippen molar-refractivity contribution in [1.82, 2.24) is 19.9 Å². The maximum atomic E-state index is 14.2. The van der Waals surface area contributed by atoms with Gasteiger partial charge in [0.05, 0.1) is 11.2 Å². The van der Waals surface area contributed by atoms with Gasteiger partial charge in [0.1, 0.15) is 17.4 Å². The molecule has 0 saturated carbocycles. The molecule has 1 fully saturated rings. The highest BCUT2D eigenvalue weighted by Gasteiger charge is 2.44. The topological polar surface area (TPSA) is 94.2 Å². The van der Waals surface area contributed by atoms with Crippen LogP contribution in [0.1, 0.15) is 47.0 Å². The summed E-state index contributed by atoms with van der Waals surface area (Å²) in [6.07, 6.45) is 8.27. The zero-order valence-electron chi connectivity index (χ0n) is 19.3. The lowest BCUT2D eigenvalue weighted by molar-refractivity contribution is -0.126. The van der Waals surface area contributed by atoms with E-state index in [0.29, 0.717) is 16.3 Å². The third-order valence-electron chi connectivity index (χ3n) is 6.48. The number of rotatable bonds is 8. The van der Waals surface area contributed by atoms with Gasteiger partial charge in [0.25, 0.3) is 0 Å². The fourth-order valence-corrected chi connectivity index (χ4v) is 5.32. The van der Waals surface area contributed by atoms with E-state index in [2.05, 4.69) is 26.9 Å². The van der Waals surface area contributed by atoms with Crippen LogP contribution in [0.4, 0.5) is 8.78 Å². The van der Waals surface area contributed by atoms with E-state index in [4.69, 9.17) is 10.5 Å². The predicted octanol–water partition coefficient (Wildman–Crippen LogP) is 3.93. The SMILES string of the molecule is Cc1cnc(C2=C[C@](CC(c3cncnc3)C(F)F)(C(N)=O)CC(OC3CCN(C)CC3)=C2)s1. The number of ether oxygens (including phenoxy) is 1. The molecule has 2 atom stereocenters. The average molecular weight is 490 g/mol. The first-order chi connectivity index (χ1) is 16.3. The van der Waals surface area contributed by atoms with Gasteiger partial charge < -0.3 is 15.4 Å². The second kappa shape index (κ2) is 10.3. The van der Waals surface area contributed by atoms with Gasteiger partial charge in [-0.15, -0.1) is 11.3 Å². The van der Waals surface area contributed by atoms with Gasteiger partial charge in [0.2, 0.25) is 12.3 Å². The summed E-state index contributed by atoms with van der Waals surface area (Å²) in [6, 6.07) is 0. The number of carbonyl (C=O) groups is 1. The van der Waals surface area contributed by atoms with Crippen molar-refractivity contribution in [3.05, 3.63) is 58.3 Å². The number of aryl methyl sites for hydroxylation is 1. The van der Waals surface area contributed by atoms with Crippen LogP contribution in [0.15, 0.2) is 42.8 Å². The third kappa shape index (κ3) is 5.50. The van der Waals surface area contributed by atoms with Crippen LogP contribution in [0.2, 0.25) is 0 Å². The highest BCUT2D eigenvalue weighted by atomic mass is 32.1. The summed E-state index contributed by atoms with van der Waals surface area (Å²) in [5.41, 5.74) is 5.50. The average Bonchev–Trinajstić information content (AvgIpc) is 3.25. The molecule has 7 nitrogen and oxygen atoms in total. The molecule has 0 spiro atoms. The molecule has 1 aliphatic heterocycles. The molecular formula is C24H29F2N5O2S. The Morgan fingerprint density at radius 2 is 2.00 bits per heavy atom. The smallest absolute Gasteiger partial charge is 0.245 e. The summed E-state index contributed by atoms with van der Waals surface area (Å²) in [7, 11) is 2.07. The number of thiazole rings is 1. The van der Waals surface area contributed by atoms with E-state index in [1.54, 1.807) is 12.3 Å². The summed E-state index contributed by atoms with van der Waals surface area (Å²) < 4.78 is 34.8. The Morgan fingerprint density at radius 1 is 1.29 bits per heavy atom. The number of nitrogens with two attached hydrogens (primary N) is 1. The minimum absolute atomic E-state index is 0.00109. The van der Waals surface area contributed by atoms with Crippen LogP contribution in [0.3, 0.4) is 0 Å². The number of allylic oxidation sites excluding steroid dienone is 3. The lowest BCUT2D eigenvalue weighted by Gasteiger charge is -2.37. The number of primary amides is 1.